The van der Waals surface area contributed by atoms with Crippen molar-refractivity contribution < 1.29 is 14.3 Å². The number of alkyl carbamates (subject to hydrolysis) is 1. The molecule has 0 saturated heterocycles. The van der Waals surface area contributed by atoms with E-state index in [9.17, 15) is 9.59 Å². The lowest BCUT2D eigenvalue weighted by atomic mass is 10.0. The second-order valence-corrected chi connectivity index (χ2v) is 6.10. The van der Waals surface area contributed by atoms with Crippen LogP contribution in [0.3, 0.4) is 0 Å². The van der Waals surface area contributed by atoms with Gasteiger partial charge in [0.05, 0.1) is 0 Å². The molecule has 1 unspecified atom stereocenters. The van der Waals surface area contributed by atoms with E-state index in [1.165, 1.54) is 12.8 Å². The van der Waals surface area contributed by atoms with Gasteiger partial charge in [0.1, 0.15) is 11.4 Å². The molecule has 0 saturated carbocycles. The van der Waals surface area contributed by atoms with E-state index in [4.69, 9.17) is 4.74 Å². The summed E-state index contributed by atoms with van der Waals surface area (Å²) in [6.45, 7) is 9.19. The summed E-state index contributed by atoms with van der Waals surface area (Å²) < 4.78 is 5.22. The van der Waals surface area contributed by atoms with E-state index in [0.29, 0.717) is 6.42 Å². The number of nitrogens with one attached hydrogen (secondary N) is 1. The minimum Gasteiger partial charge on any atom is -0.444 e. The summed E-state index contributed by atoms with van der Waals surface area (Å²) >= 11 is 0. The quantitative estimate of drug-likeness (QED) is 0.683. The number of rotatable bonds is 8. The van der Waals surface area contributed by atoms with Crippen LogP contribution in [0.15, 0.2) is 0 Å². The maximum atomic E-state index is 11.7. The molecule has 0 fully saturated rings. The van der Waals surface area contributed by atoms with Gasteiger partial charge in [-0.15, -0.1) is 0 Å². The van der Waals surface area contributed by atoms with Gasteiger partial charge in [-0.2, -0.15) is 0 Å². The van der Waals surface area contributed by atoms with Crippen LogP contribution in [0, 0.1) is 0 Å². The molecule has 0 bridgehead atoms. The first kappa shape index (κ1) is 17.9. The monoisotopic (exact) mass is 271 g/mol. The number of ether oxygens (including phenoxy) is 1. The largest absolute Gasteiger partial charge is 0.444 e. The topological polar surface area (TPSA) is 55.4 Å². The first-order chi connectivity index (χ1) is 8.74. The predicted octanol–water partition coefficient (Wildman–Crippen LogP) is 3.83. The molecule has 0 aliphatic heterocycles. The Morgan fingerprint density at radius 3 is 2.26 bits per heavy atom. The van der Waals surface area contributed by atoms with Gasteiger partial charge in [-0.1, -0.05) is 32.6 Å². The Bertz CT molecular complexity index is 282. The third-order valence-corrected chi connectivity index (χ3v) is 2.66. The van der Waals surface area contributed by atoms with Crippen LogP contribution in [-0.2, 0) is 9.53 Å². The number of hydrogen-bond acceptors (Lipinski definition) is 3. The van der Waals surface area contributed by atoms with Crippen LogP contribution in [-0.4, -0.2) is 23.5 Å². The van der Waals surface area contributed by atoms with Crippen molar-refractivity contribution in [1.82, 2.24) is 5.32 Å². The summed E-state index contributed by atoms with van der Waals surface area (Å²) in [6, 6.07) is -0.107. The highest BCUT2D eigenvalue weighted by Crippen LogP contribution is 2.11. The van der Waals surface area contributed by atoms with E-state index in [0.717, 1.165) is 19.3 Å². The number of Topliss-reactive ketones (excluding diaryl/α,β-unsaturated/α-hetero) is 1. The molecule has 4 heteroatoms. The zero-order valence-corrected chi connectivity index (χ0v) is 13.0. The average Bonchev–Trinajstić information content (AvgIpc) is 2.20. The minimum atomic E-state index is -0.507. The molecule has 0 radical (unpaired) electrons. The van der Waals surface area contributed by atoms with Crippen LogP contribution in [0.25, 0.3) is 0 Å². The molecular formula is C15H29NO3. The highest BCUT2D eigenvalue weighted by Gasteiger charge is 2.20. The van der Waals surface area contributed by atoms with Gasteiger partial charge in [0.2, 0.25) is 0 Å². The Balaban J connectivity index is 4.18. The molecule has 0 aliphatic carbocycles. The van der Waals surface area contributed by atoms with E-state index < -0.39 is 11.7 Å². The van der Waals surface area contributed by atoms with E-state index in [1.807, 2.05) is 20.8 Å². The first-order valence-corrected chi connectivity index (χ1v) is 7.23. The molecule has 0 aromatic rings. The van der Waals surface area contributed by atoms with E-state index in [-0.39, 0.29) is 11.8 Å². The molecule has 112 valence electrons. The average molecular weight is 271 g/mol. The van der Waals surface area contributed by atoms with E-state index in [2.05, 4.69) is 12.2 Å². The van der Waals surface area contributed by atoms with Gasteiger partial charge in [-0.3, -0.25) is 4.79 Å². The zero-order chi connectivity index (χ0) is 14.9. The lowest BCUT2D eigenvalue weighted by molar-refractivity contribution is -0.117. The molecule has 0 spiro atoms. The second kappa shape index (κ2) is 8.94. The van der Waals surface area contributed by atoms with Crippen LogP contribution in [0.5, 0.6) is 0 Å². The van der Waals surface area contributed by atoms with Crippen molar-refractivity contribution in [2.24, 2.45) is 0 Å². The molecule has 4 nitrogen and oxygen atoms in total. The van der Waals surface area contributed by atoms with Crippen molar-refractivity contribution in [3.05, 3.63) is 0 Å². The summed E-state index contributed by atoms with van der Waals surface area (Å²) in [7, 11) is 0. The molecule has 1 amide bonds. The normalized spacial score (nSPS) is 12.9. The summed E-state index contributed by atoms with van der Waals surface area (Å²) in [4.78, 5) is 22.9. The lowest BCUT2D eigenvalue weighted by Crippen LogP contribution is -2.40. The van der Waals surface area contributed by atoms with Gasteiger partial charge < -0.3 is 10.1 Å². The SMILES string of the molecule is CCCCCCC(CC(C)=O)NC(=O)OC(C)(C)C. The summed E-state index contributed by atoms with van der Waals surface area (Å²) in [5.41, 5.74) is -0.507. The summed E-state index contributed by atoms with van der Waals surface area (Å²) in [5, 5.41) is 2.80. The molecule has 0 heterocycles. The standard InChI is InChI=1S/C15H29NO3/c1-6-7-8-9-10-13(11-12(2)17)16-14(18)19-15(3,4)5/h13H,6-11H2,1-5H3,(H,16,18). The Labute approximate surface area is 117 Å². The Morgan fingerprint density at radius 1 is 1.16 bits per heavy atom. The molecule has 19 heavy (non-hydrogen) atoms. The summed E-state index contributed by atoms with van der Waals surface area (Å²) in [5.74, 6) is 0.0940. The zero-order valence-electron chi connectivity index (χ0n) is 13.0. The van der Waals surface area contributed by atoms with Crippen LogP contribution in [0.4, 0.5) is 4.79 Å². The van der Waals surface area contributed by atoms with Crippen molar-refractivity contribution >= 4 is 11.9 Å². The lowest BCUT2D eigenvalue weighted by Gasteiger charge is -2.23. The Morgan fingerprint density at radius 2 is 1.79 bits per heavy atom. The van der Waals surface area contributed by atoms with Crippen molar-refractivity contribution in [2.45, 2.75) is 84.8 Å². The van der Waals surface area contributed by atoms with E-state index in [1.54, 1.807) is 6.92 Å². The third kappa shape index (κ3) is 11.7. The number of amides is 1. The number of unbranched alkanes of at least 4 members (excludes halogenated alkanes) is 3. The molecule has 1 N–H and O–H groups in total. The molecule has 0 aliphatic rings. The Hall–Kier alpha value is -1.06. The number of hydrogen-bond donors (Lipinski definition) is 1. The number of ketones is 1. The van der Waals surface area contributed by atoms with Crippen molar-refractivity contribution in [3.8, 4) is 0 Å². The van der Waals surface area contributed by atoms with Gasteiger partial charge in [0.25, 0.3) is 0 Å². The van der Waals surface area contributed by atoms with Crippen molar-refractivity contribution in [1.29, 1.82) is 0 Å². The minimum absolute atomic E-state index is 0.0940. The van der Waals surface area contributed by atoms with Crippen LogP contribution in [0.1, 0.15) is 73.1 Å². The van der Waals surface area contributed by atoms with Gasteiger partial charge in [0.15, 0.2) is 0 Å². The van der Waals surface area contributed by atoms with Crippen molar-refractivity contribution in [2.75, 3.05) is 0 Å². The molecule has 1 atom stereocenters. The Kier molecular flexibility index (Phi) is 8.44. The van der Waals surface area contributed by atoms with Crippen LogP contribution >= 0.6 is 0 Å². The van der Waals surface area contributed by atoms with Crippen LogP contribution < -0.4 is 5.32 Å². The molecule has 0 rings (SSSR count). The molecule has 0 aromatic heterocycles. The summed E-state index contributed by atoms with van der Waals surface area (Å²) in [6.07, 6.45) is 5.32. The van der Waals surface area contributed by atoms with Gasteiger partial charge in [0, 0.05) is 12.5 Å². The van der Waals surface area contributed by atoms with E-state index >= 15 is 0 Å². The van der Waals surface area contributed by atoms with Gasteiger partial charge in [-0.25, -0.2) is 4.79 Å². The van der Waals surface area contributed by atoms with Gasteiger partial charge in [-0.05, 0) is 34.1 Å². The predicted molar refractivity (Wildman–Crippen MR) is 77.2 cm³/mol. The molecular weight excluding hydrogens is 242 g/mol. The fourth-order valence-corrected chi connectivity index (χ4v) is 1.86. The molecule has 0 aromatic carbocycles. The smallest absolute Gasteiger partial charge is 0.407 e. The number of carbonyl (C=O) groups excluding carboxylic acids is 2. The fourth-order valence-electron chi connectivity index (χ4n) is 1.86. The van der Waals surface area contributed by atoms with Crippen molar-refractivity contribution in [3.63, 3.8) is 0 Å². The second-order valence-electron chi connectivity index (χ2n) is 6.10. The maximum Gasteiger partial charge on any atom is 0.407 e. The van der Waals surface area contributed by atoms with Gasteiger partial charge >= 0.3 is 6.09 Å². The highest BCUT2D eigenvalue weighted by atomic mass is 16.6. The first-order valence-electron chi connectivity index (χ1n) is 7.23. The van der Waals surface area contributed by atoms with Crippen LogP contribution in [0.2, 0.25) is 0 Å². The fraction of sp³-hybridized carbons (Fsp3) is 0.867. The maximum absolute atomic E-state index is 11.7. The number of carbonyl (C=O) groups is 2. The highest BCUT2D eigenvalue weighted by molar-refractivity contribution is 5.77. The third-order valence-electron chi connectivity index (χ3n) is 2.66.